The summed E-state index contributed by atoms with van der Waals surface area (Å²) in [7, 11) is 2.22. The van der Waals surface area contributed by atoms with E-state index in [0.717, 1.165) is 25.6 Å². The SMILES string of the molecule is CN(CCCNc1nc(Cl)c(Cl)cc1Cl)C1CCCCC1. The molecule has 1 aliphatic rings. The molecule has 6 heteroatoms. The van der Waals surface area contributed by atoms with E-state index in [9.17, 15) is 0 Å². The van der Waals surface area contributed by atoms with Gasteiger partial charge in [0.05, 0.1) is 10.0 Å². The first-order valence-electron chi connectivity index (χ1n) is 7.53. The van der Waals surface area contributed by atoms with Crippen molar-refractivity contribution in [2.24, 2.45) is 0 Å². The fourth-order valence-electron chi connectivity index (χ4n) is 2.81. The molecule has 1 aromatic heterocycles. The van der Waals surface area contributed by atoms with Gasteiger partial charge in [-0.2, -0.15) is 0 Å². The van der Waals surface area contributed by atoms with Crippen LogP contribution in [0.4, 0.5) is 5.82 Å². The Bertz CT molecular complexity index is 462. The Morgan fingerprint density at radius 1 is 1.19 bits per heavy atom. The minimum atomic E-state index is 0.280. The third-order valence-corrected chi connectivity index (χ3v) is 5.03. The molecule has 2 rings (SSSR count). The lowest BCUT2D eigenvalue weighted by atomic mass is 9.94. The zero-order chi connectivity index (χ0) is 15.2. The van der Waals surface area contributed by atoms with E-state index in [1.54, 1.807) is 6.07 Å². The van der Waals surface area contributed by atoms with E-state index in [2.05, 4.69) is 22.2 Å². The Balaban J connectivity index is 1.73. The number of nitrogens with one attached hydrogen (secondary N) is 1. The minimum Gasteiger partial charge on any atom is -0.369 e. The van der Waals surface area contributed by atoms with Gasteiger partial charge < -0.3 is 10.2 Å². The molecule has 118 valence electrons. The molecule has 0 aromatic carbocycles. The quantitative estimate of drug-likeness (QED) is 0.571. The van der Waals surface area contributed by atoms with E-state index < -0.39 is 0 Å². The number of rotatable bonds is 6. The summed E-state index contributed by atoms with van der Waals surface area (Å²) in [4.78, 5) is 6.63. The third-order valence-electron chi connectivity index (χ3n) is 4.06. The summed E-state index contributed by atoms with van der Waals surface area (Å²) in [6.45, 7) is 1.90. The Kier molecular flexibility index (Phi) is 6.87. The monoisotopic (exact) mass is 349 g/mol. The summed E-state index contributed by atoms with van der Waals surface area (Å²) in [5.74, 6) is 0.603. The lowest BCUT2D eigenvalue weighted by molar-refractivity contribution is 0.191. The first-order valence-corrected chi connectivity index (χ1v) is 8.67. The summed E-state index contributed by atoms with van der Waals surface area (Å²) >= 11 is 17.8. The average molecular weight is 351 g/mol. The Morgan fingerprint density at radius 3 is 2.62 bits per heavy atom. The van der Waals surface area contributed by atoms with Crippen molar-refractivity contribution in [1.29, 1.82) is 0 Å². The normalized spacial score (nSPS) is 16.4. The highest BCUT2D eigenvalue weighted by Crippen LogP contribution is 2.28. The molecule has 3 nitrogen and oxygen atoms in total. The molecular formula is C15H22Cl3N3. The molecule has 0 atom stereocenters. The molecule has 0 aliphatic heterocycles. The van der Waals surface area contributed by atoms with Crippen molar-refractivity contribution in [3.63, 3.8) is 0 Å². The molecule has 0 radical (unpaired) electrons. The smallest absolute Gasteiger partial charge is 0.150 e. The van der Waals surface area contributed by atoms with Gasteiger partial charge in [-0.05, 0) is 38.9 Å². The highest BCUT2D eigenvalue weighted by molar-refractivity contribution is 6.42. The molecule has 0 unspecified atom stereocenters. The van der Waals surface area contributed by atoms with E-state index >= 15 is 0 Å². The van der Waals surface area contributed by atoms with E-state index in [4.69, 9.17) is 34.8 Å². The van der Waals surface area contributed by atoms with Crippen molar-refractivity contribution in [3.8, 4) is 0 Å². The summed E-state index contributed by atoms with van der Waals surface area (Å²) in [6.07, 6.45) is 7.86. The Morgan fingerprint density at radius 2 is 1.90 bits per heavy atom. The van der Waals surface area contributed by atoms with Crippen LogP contribution in [0.25, 0.3) is 0 Å². The van der Waals surface area contributed by atoms with Gasteiger partial charge in [0.15, 0.2) is 0 Å². The minimum absolute atomic E-state index is 0.280. The van der Waals surface area contributed by atoms with Gasteiger partial charge in [0.25, 0.3) is 0 Å². The summed E-state index contributed by atoms with van der Waals surface area (Å²) in [6, 6.07) is 2.38. The third kappa shape index (κ3) is 5.17. The van der Waals surface area contributed by atoms with E-state index in [1.807, 2.05) is 0 Å². The van der Waals surface area contributed by atoms with Crippen LogP contribution in [0.5, 0.6) is 0 Å². The molecule has 1 fully saturated rings. The van der Waals surface area contributed by atoms with Crippen LogP contribution >= 0.6 is 34.8 Å². The van der Waals surface area contributed by atoms with E-state index in [-0.39, 0.29) is 5.15 Å². The van der Waals surface area contributed by atoms with Crippen LogP contribution in [0.15, 0.2) is 6.07 Å². The number of hydrogen-bond donors (Lipinski definition) is 1. The van der Waals surface area contributed by atoms with Gasteiger partial charge in [-0.3, -0.25) is 0 Å². The molecule has 0 amide bonds. The maximum absolute atomic E-state index is 6.09. The average Bonchev–Trinajstić information content (AvgIpc) is 2.49. The number of aromatic nitrogens is 1. The van der Waals surface area contributed by atoms with Crippen molar-refractivity contribution >= 4 is 40.6 Å². The van der Waals surface area contributed by atoms with Crippen molar-refractivity contribution < 1.29 is 0 Å². The van der Waals surface area contributed by atoms with Crippen molar-refractivity contribution in [1.82, 2.24) is 9.88 Å². The van der Waals surface area contributed by atoms with Gasteiger partial charge in [-0.15, -0.1) is 0 Å². The maximum atomic E-state index is 6.09. The molecule has 1 heterocycles. The Hall–Kier alpha value is -0.220. The van der Waals surface area contributed by atoms with Gasteiger partial charge >= 0.3 is 0 Å². The molecule has 0 bridgehead atoms. The molecule has 1 aromatic rings. The molecule has 1 aliphatic carbocycles. The highest BCUT2D eigenvalue weighted by atomic mass is 35.5. The summed E-state index contributed by atoms with van der Waals surface area (Å²) in [5, 5.41) is 4.39. The second-order valence-corrected chi connectivity index (χ2v) is 6.82. The van der Waals surface area contributed by atoms with Gasteiger partial charge in [0.1, 0.15) is 11.0 Å². The number of halogens is 3. The lowest BCUT2D eigenvalue weighted by Crippen LogP contribution is -2.34. The van der Waals surface area contributed by atoms with E-state index in [0.29, 0.717) is 15.9 Å². The molecule has 21 heavy (non-hydrogen) atoms. The van der Waals surface area contributed by atoms with Crippen LogP contribution in [-0.4, -0.2) is 36.1 Å². The van der Waals surface area contributed by atoms with Crippen LogP contribution in [0.3, 0.4) is 0 Å². The number of nitrogens with zero attached hydrogens (tertiary/aromatic N) is 2. The highest BCUT2D eigenvalue weighted by Gasteiger charge is 2.17. The zero-order valence-electron chi connectivity index (χ0n) is 12.3. The van der Waals surface area contributed by atoms with Gasteiger partial charge in [-0.1, -0.05) is 54.1 Å². The topological polar surface area (TPSA) is 28.2 Å². The van der Waals surface area contributed by atoms with Crippen molar-refractivity contribution in [2.45, 2.75) is 44.6 Å². The first kappa shape index (κ1) is 17.1. The Labute approximate surface area is 142 Å². The molecule has 1 saturated carbocycles. The second-order valence-electron chi connectivity index (χ2n) is 5.64. The molecule has 0 saturated heterocycles. The second kappa shape index (κ2) is 8.42. The predicted molar refractivity (Wildman–Crippen MR) is 91.9 cm³/mol. The van der Waals surface area contributed by atoms with Gasteiger partial charge in [0.2, 0.25) is 0 Å². The van der Waals surface area contributed by atoms with Gasteiger partial charge in [0, 0.05) is 12.6 Å². The lowest BCUT2D eigenvalue weighted by Gasteiger charge is -2.31. The van der Waals surface area contributed by atoms with Gasteiger partial charge in [-0.25, -0.2) is 4.98 Å². The van der Waals surface area contributed by atoms with Crippen LogP contribution in [0, 0.1) is 0 Å². The van der Waals surface area contributed by atoms with Crippen LogP contribution in [0.1, 0.15) is 38.5 Å². The number of anilines is 1. The maximum Gasteiger partial charge on any atom is 0.150 e. The standard InChI is InChI=1S/C15H22Cl3N3/c1-21(11-6-3-2-4-7-11)9-5-8-19-15-13(17)10-12(16)14(18)20-15/h10-11H,2-9H2,1H3,(H,19,20). The van der Waals surface area contributed by atoms with Crippen LogP contribution in [-0.2, 0) is 0 Å². The first-order chi connectivity index (χ1) is 10.1. The van der Waals surface area contributed by atoms with Crippen molar-refractivity contribution in [3.05, 3.63) is 21.3 Å². The fraction of sp³-hybridized carbons (Fsp3) is 0.667. The molecular weight excluding hydrogens is 329 g/mol. The zero-order valence-corrected chi connectivity index (χ0v) is 14.6. The van der Waals surface area contributed by atoms with E-state index in [1.165, 1.54) is 32.1 Å². The number of hydrogen-bond acceptors (Lipinski definition) is 3. The molecule has 0 spiro atoms. The number of pyridine rings is 1. The van der Waals surface area contributed by atoms with Crippen molar-refractivity contribution in [2.75, 3.05) is 25.5 Å². The van der Waals surface area contributed by atoms with Crippen LogP contribution < -0.4 is 5.32 Å². The molecule has 1 N–H and O–H groups in total. The largest absolute Gasteiger partial charge is 0.369 e. The van der Waals surface area contributed by atoms with Crippen LogP contribution in [0.2, 0.25) is 15.2 Å². The summed E-state index contributed by atoms with van der Waals surface area (Å²) < 4.78 is 0. The fourth-order valence-corrected chi connectivity index (χ4v) is 3.37. The summed E-state index contributed by atoms with van der Waals surface area (Å²) in [5.41, 5.74) is 0. The predicted octanol–water partition coefficient (Wildman–Crippen LogP) is 5.11.